The Hall–Kier alpha value is -3.35. The summed E-state index contributed by atoms with van der Waals surface area (Å²) in [5, 5.41) is 49.4. The van der Waals surface area contributed by atoms with E-state index in [9.17, 15) is 34.8 Å². The number of esters is 2. The summed E-state index contributed by atoms with van der Waals surface area (Å²) in [6.45, 7) is 10.6. The molecule has 1 aromatic rings. The second-order valence-electron chi connectivity index (χ2n) is 20.4. The van der Waals surface area contributed by atoms with Crippen molar-refractivity contribution in [2.24, 2.45) is 46.3 Å². The molecule has 65 heavy (non-hydrogen) atoms. The summed E-state index contributed by atoms with van der Waals surface area (Å²) in [6.07, 6.45) is -0.0857. The van der Waals surface area contributed by atoms with E-state index in [1.807, 2.05) is 0 Å². The van der Waals surface area contributed by atoms with Crippen LogP contribution >= 0.6 is 0 Å². The summed E-state index contributed by atoms with van der Waals surface area (Å²) in [5.41, 5.74) is 1.52. The Kier molecular flexibility index (Phi) is 15.9. The number of ether oxygens (including phenoxy) is 7. The third-order valence-electron chi connectivity index (χ3n) is 16.3. The van der Waals surface area contributed by atoms with Gasteiger partial charge in [0.1, 0.15) is 30.2 Å². The van der Waals surface area contributed by atoms with Crippen LogP contribution in [0.3, 0.4) is 0 Å². The molecule has 18 atom stereocenters. The van der Waals surface area contributed by atoms with Gasteiger partial charge in [-0.1, -0.05) is 52.2 Å². The molecular formula is C49H74N2O14. The van der Waals surface area contributed by atoms with E-state index >= 15 is 0 Å². The number of hydrogen-bond donors (Lipinski definition) is 6. The van der Waals surface area contributed by atoms with E-state index in [0.717, 1.165) is 64.2 Å². The molecule has 0 spiro atoms. The Morgan fingerprint density at radius 1 is 0.877 bits per heavy atom. The van der Waals surface area contributed by atoms with E-state index in [1.54, 1.807) is 19.2 Å². The molecule has 2 saturated heterocycles. The molecule has 0 bridgehead atoms. The number of hydrogen-bond acceptors (Lipinski definition) is 14. The number of amides is 2. The van der Waals surface area contributed by atoms with Crippen LogP contribution in [0.25, 0.3) is 0 Å². The van der Waals surface area contributed by atoms with Crippen molar-refractivity contribution < 1.29 is 68.0 Å². The lowest BCUT2D eigenvalue weighted by Gasteiger charge is -2.58. The highest BCUT2D eigenvalue weighted by Gasteiger charge is 2.63. The molecule has 5 fully saturated rings. The van der Waals surface area contributed by atoms with Crippen LogP contribution in [0.1, 0.15) is 109 Å². The Balaban J connectivity index is 1.13. The highest BCUT2D eigenvalue weighted by molar-refractivity contribution is 5.89. The molecule has 2 amide bonds. The van der Waals surface area contributed by atoms with Crippen molar-refractivity contribution in [3.05, 3.63) is 41.5 Å². The largest absolute Gasteiger partial charge is 0.497 e. The maximum Gasteiger partial charge on any atom is 0.338 e. The predicted octanol–water partition coefficient (Wildman–Crippen LogP) is 4.64. The summed E-state index contributed by atoms with van der Waals surface area (Å²) < 4.78 is 42.4. The minimum absolute atomic E-state index is 0.0433. The summed E-state index contributed by atoms with van der Waals surface area (Å²) in [5.74, 6) is 0.914. The van der Waals surface area contributed by atoms with Crippen molar-refractivity contribution >= 4 is 18.0 Å². The third kappa shape index (κ3) is 10.5. The van der Waals surface area contributed by atoms with Gasteiger partial charge in [0.2, 0.25) is 0 Å². The van der Waals surface area contributed by atoms with Crippen LogP contribution in [0, 0.1) is 46.3 Å². The van der Waals surface area contributed by atoms with Gasteiger partial charge in [-0.3, -0.25) is 4.79 Å². The zero-order chi connectivity index (χ0) is 46.8. The average Bonchev–Trinajstić information content (AvgIpc) is 3.58. The molecule has 1 aromatic carbocycles. The molecule has 2 aliphatic heterocycles. The maximum absolute atomic E-state index is 13.3. The molecule has 364 valence electrons. The topological polar surface area (TPSA) is 221 Å². The molecule has 0 aromatic heterocycles. The molecule has 6 aliphatic rings. The summed E-state index contributed by atoms with van der Waals surface area (Å²) in [4.78, 5) is 38.1. The van der Waals surface area contributed by atoms with Gasteiger partial charge >= 0.3 is 18.0 Å². The van der Waals surface area contributed by atoms with Gasteiger partial charge in [0.25, 0.3) is 0 Å². The molecule has 16 nitrogen and oxygen atoms in total. The Morgan fingerprint density at radius 3 is 2.28 bits per heavy atom. The van der Waals surface area contributed by atoms with Gasteiger partial charge in [-0.15, -0.1) is 0 Å². The third-order valence-corrected chi connectivity index (χ3v) is 16.3. The fourth-order valence-electron chi connectivity index (χ4n) is 12.9. The summed E-state index contributed by atoms with van der Waals surface area (Å²) in [7, 11) is 3.11. The first-order chi connectivity index (χ1) is 31.0. The Bertz CT molecular complexity index is 1830. The number of allylic oxidation sites excluding steroid dienone is 1. The molecular weight excluding hydrogens is 841 g/mol. The number of urea groups is 1. The lowest BCUT2D eigenvalue weighted by atomic mass is 9.47. The maximum atomic E-state index is 13.3. The SMILES string of the molecule is CNC(=O)NC[C@H](C)CCC[C@@H](C)[C@H]1[C@@H](O[C@@H]2OC[C@H](O)[C@H](O[C@@H]3OC[C@@H](O)[C@H](O)[C@H]3OC(=O)c3ccc(OC)cc3)[C@H]2OC(C)=O)CC2C3CC=C4C[C@@H](O)CC[C@]4(C)C3CC[C@@]21C. The molecule has 3 unspecified atom stereocenters. The first-order valence-corrected chi connectivity index (χ1v) is 23.9. The lowest BCUT2D eigenvalue weighted by molar-refractivity contribution is -0.340. The normalized spacial score (nSPS) is 39.9. The van der Waals surface area contributed by atoms with Crippen LogP contribution in [-0.2, 0) is 33.2 Å². The number of carbonyl (C=O) groups excluding carboxylic acids is 3. The van der Waals surface area contributed by atoms with Crippen molar-refractivity contribution in [3.63, 3.8) is 0 Å². The van der Waals surface area contributed by atoms with Crippen LogP contribution in [0.4, 0.5) is 4.79 Å². The number of aliphatic hydroxyl groups excluding tert-OH is 4. The highest BCUT2D eigenvalue weighted by atomic mass is 16.7. The van der Waals surface area contributed by atoms with Crippen molar-refractivity contribution in [2.45, 2.75) is 160 Å². The van der Waals surface area contributed by atoms with E-state index in [2.05, 4.69) is 44.4 Å². The number of benzene rings is 1. The second kappa shape index (κ2) is 20.9. The predicted molar refractivity (Wildman–Crippen MR) is 236 cm³/mol. The van der Waals surface area contributed by atoms with Crippen LogP contribution < -0.4 is 15.4 Å². The smallest absolute Gasteiger partial charge is 0.338 e. The zero-order valence-corrected chi connectivity index (χ0v) is 39.2. The van der Waals surface area contributed by atoms with Crippen LogP contribution in [0.2, 0.25) is 0 Å². The minimum atomic E-state index is -1.61. The molecule has 2 heterocycles. The Labute approximate surface area is 383 Å². The summed E-state index contributed by atoms with van der Waals surface area (Å²) >= 11 is 0. The number of aliphatic hydroxyl groups is 4. The number of fused-ring (bicyclic) bond motifs is 5. The van der Waals surface area contributed by atoms with Crippen molar-refractivity contribution in [1.29, 1.82) is 0 Å². The number of rotatable bonds is 15. The fraction of sp³-hybridized carbons (Fsp3) is 0.776. The lowest BCUT2D eigenvalue weighted by Crippen LogP contribution is -2.62. The zero-order valence-electron chi connectivity index (χ0n) is 39.2. The molecule has 0 radical (unpaired) electrons. The first kappa shape index (κ1) is 49.6. The quantitative estimate of drug-likeness (QED) is 0.104. The average molecular weight is 915 g/mol. The monoisotopic (exact) mass is 915 g/mol. The molecule has 16 heteroatoms. The standard InChI is InChI=1S/C49H74N2O14/c1-26(23-51-47(58)50-6)9-8-10-27(2)39-38(22-35-33-16-13-30-21-31(53)17-19-48(30,4)34(33)18-20-49(35,39)5)63-46-43(62-28(3)52)41(37(55)25-61-46)65-45-42(40(56)36(54)24-60-45)64-44(57)29-11-14-32(59-7)15-12-29/h11-15,26-27,31,33-43,45-46,53-56H,8-10,16-25H2,1-7H3,(H2,50,51,58)/t26-,27-,31+,33?,34?,35?,36-,37+,38+,39+,40+,41+,42-,43-,45+,46+,48+,49+/m1/s1. The van der Waals surface area contributed by atoms with Crippen LogP contribution in [-0.4, -0.2) is 134 Å². The minimum Gasteiger partial charge on any atom is -0.497 e. The molecule has 7 rings (SSSR count). The van der Waals surface area contributed by atoms with Crippen molar-refractivity contribution in [2.75, 3.05) is 33.9 Å². The number of nitrogens with one attached hydrogen (secondary N) is 2. The first-order valence-electron chi connectivity index (χ1n) is 23.9. The molecule has 3 saturated carbocycles. The van der Waals surface area contributed by atoms with Gasteiger partial charge in [-0.25, -0.2) is 9.59 Å². The van der Waals surface area contributed by atoms with Gasteiger partial charge in [-0.2, -0.15) is 0 Å². The van der Waals surface area contributed by atoms with Gasteiger partial charge < -0.3 is 64.2 Å². The van der Waals surface area contributed by atoms with Gasteiger partial charge in [0.15, 0.2) is 24.8 Å². The van der Waals surface area contributed by atoms with E-state index in [1.165, 1.54) is 31.7 Å². The second-order valence-corrected chi connectivity index (χ2v) is 20.4. The summed E-state index contributed by atoms with van der Waals surface area (Å²) in [6, 6.07) is 5.96. The van der Waals surface area contributed by atoms with E-state index in [4.69, 9.17) is 33.2 Å². The Morgan fingerprint density at radius 2 is 1.58 bits per heavy atom. The molecule has 6 N–H and O–H groups in total. The number of methoxy groups -OCH3 is 1. The highest BCUT2D eigenvalue weighted by Crippen LogP contribution is 2.68. The molecule has 4 aliphatic carbocycles. The van der Waals surface area contributed by atoms with Gasteiger partial charge in [0, 0.05) is 20.5 Å². The van der Waals surface area contributed by atoms with Crippen molar-refractivity contribution in [1.82, 2.24) is 10.6 Å². The number of carbonyl (C=O) groups is 3. The van der Waals surface area contributed by atoms with Crippen LogP contribution in [0.15, 0.2) is 35.9 Å². The van der Waals surface area contributed by atoms with Crippen molar-refractivity contribution in [3.8, 4) is 5.75 Å². The van der Waals surface area contributed by atoms with Crippen LogP contribution in [0.5, 0.6) is 5.75 Å². The fourth-order valence-corrected chi connectivity index (χ4v) is 12.9. The van der Waals surface area contributed by atoms with Gasteiger partial charge in [0.05, 0.1) is 38.1 Å². The van der Waals surface area contributed by atoms with E-state index in [-0.39, 0.29) is 59.7 Å². The van der Waals surface area contributed by atoms with Gasteiger partial charge in [-0.05, 0) is 122 Å². The van der Waals surface area contributed by atoms with E-state index < -0.39 is 61.1 Å². The van der Waals surface area contributed by atoms with E-state index in [0.29, 0.717) is 36.0 Å².